The summed E-state index contributed by atoms with van der Waals surface area (Å²) in [5, 5.41) is 0.373. The third-order valence-corrected chi connectivity index (χ3v) is 6.85. The highest BCUT2D eigenvalue weighted by atomic mass is 35.5. The molecule has 0 atom stereocenters. The van der Waals surface area contributed by atoms with Gasteiger partial charge in [-0.3, -0.25) is 4.79 Å². The summed E-state index contributed by atoms with van der Waals surface area (Å²) in [6.45, 7) is 2.59. The van der Waals surface area contributed by atoms with Gasteiger partial charge in [-0.1, -0.05) is 29.8 Å². The first-order valence-corrected chi connectivity index (χ1v) is 12.3. The number of hydrogen-bond acceptors (Lipinski definition) is 4. The number of rotatable bonds is 5. The molecule has 0 aliphatic carbocycles. The zero-order valence-corrected chi connectivity index (χ0v) is 24.3. The average molecular weight is 644 g/mol. The van der Waals surface area contributed by atoms with Crippen LogP contribution in [0.5, 0.6) is 0 Å². The number of piperazine rings is 1. The molecule has 1 aliphatic heterocycles. The Morgan fingerprint density at radius 1 is 0.902 bits per heavy atom. The second-order valence-corrected chi connectivity index (χ2v) is 9.84. The van der Waals surface area contributed by atoms with Crippen LogP contribution in [0.3, 0.4) is 0 Å². The number of likely N-dealkylation sites (N-methyl/N-ethyl adjacent to an activating group) is 1. The minimum atomic E-state index is -4.99. The van der Waals surface area contributed by atoms with Crippen LogP contribution in [0.4, 0.5) is 32.2 Å². The van der Waals surface area contributed by atoms with Gasteiger partial charge in [0.05, 0.1) is 16.7 Å². The first kappa shape index (κ1) is 34.5. The fourth-order valence-electron chi connectivity index (χ4n) is 4.39. The molecule has 3 aromatic rings. The van der Waals surface area contributed by atoms with Gasteiger partial charge < -0.3 is 14.7 Å². The molecule has 0 saturated carbocycles. The summed E-state index contributed by atoms with van der Waals surface area (Å²) in [5.74, 6) is -0.00163. The van der Waals surface area contributed by atoms with Crippen LogP contribution < -0.4 is 4.90 Å². The van der Waals surface area contributed by atoms with Gasteiger partial charge in [0.25, 0.3) is 5.91 Å². The lowest BCUT2D eigenvalue weighted by Gasteiger charge is -2.33. The number of benzene rings is 2. The van der Waals surface area contributed by atoms with Gasteiger partial charge in [-0.2, -0.15) is 26.3 Å². The molecule has 1 amide bonds. The van der Waals surface area contributed by atoms with Crippen LogP contribution in [0.1, 0.15) is 27.0 Å². The molecule has 1 saturated heterocycles. The van der Waals surface area contributed by atoms with Crippen molar-refractivity contribution < 1.29 is 31.1 Å². The maximum Gasteiger partial charge on any atom is 0.416 e. The van der Waals surface area contributed by atoms with E-state index in [1.807, 2.05) is 7.05 Å². The van der Waals surface area contributed by atoms with E-state index in [1.165, 1.54) is 13.2 Å². The van der Waals surface area contributed by atoms with Crippen molar-refractivity contribution in [2.45, 2.75) is 18.9 Å². The molecule has 0 N–H and O–H groups in total. The Morgan fingerprint density at radius 2 is 1.46 bits per heavy atom. The standard InChI is InChI=1S/C27H25ClF6N4O.2ClH/c1-36-7-9-38(10-8-36)24-14-21(20-5-3-4-6-23(20)28)22(15-35-24)25(39)37(2)16-17-11-18(26(29,30)31)13-19(12-17)27(32,33)34;;/h3-6,11-15H,7-10,16H2,1-2H3;2*1H. The number of halogens is 9. The molecule has 2 aromatic carbocycles. The number of carbonyl (C=O) groups is 1. The largest absolute Gasteiger partial charge is 0.416 e. The van der Waals surface area contributed by atoms with Crippen molar-refractivity contribution in [1.29, 1.82) is 0 Å². The number of alkyl halides is 6. The van der Waals surface area contributed by atoms with Crippen LogP contribution >= 0.6 is 36.4 Å². The van der Waals surface area contributed by atoms with E-state index in [9.17, 15) is 31.1 Å². The van der Waals surface area contributed by atoms with Gasteiger partial charge in [-0.05, 0) is 42.9 Å². The first-order chi connectivity index (χ1) is 18.2. The topological polar surface area (TPSA) is 39.7 Å². The SMILES string of the molecule is CN1CCN(c2cc(-c3ccccc3Cl)c(C(=O)N(C)Cc3cc(C(F)(F)F)cc(C(F)(F)F)c3)cn2)CC1.Cl.Cl. The highest BCUT2D eigenvalue weighted by Gasteiger charge is 2.37. The molecule has 0 radical (unpaired) electrons. The number of amides is 1. The van der Waals surface area contributed by atoms with Crippen LogP contribution in [-0.4, -0.2) is 61.0 Å². The summed E-state index contributed by atoms with van der Waals surface area (Å²) < 4.78 is 79.9. The Morgan fingerprint density at radius 3 is 2.00 bits per heavy atom. The second kappa shape index (κ2) is 13.5. The molecule has 41 heavy (non-hydrogen) atoms. The maximum absolute atomic E-state index is 13.5. The lowest BCUT2D eigenvalue weighted by Crippen LogP contribution is -2.44. The lowest BCUT2D eigenvalue weighted by molar-refractivity contribution is -0.143. The molecule has 1 aliphatic rings. The van der Waals surface area contributed by atoms with Crippen molar-refractivity contribution in [1.82, 2.24) is 14.8 Å². The molecule has 0 unspecified atom stereocenters. The van der Waals surface area contributed by atoms with E-state index >= 15 is 0 Å². The molecule has 2 heterocycles. The van der Waals surface area contributed by atoms with Crippen LogP contribution in [0, 0.1) is 0 Å². The Balaban J connectivity index is 0.00000294. The zero-order valence-electron chi connectivity index (χ0n) is 21.9. The summed E-state index contributed by atoms with van der Waals surface area (Å²) in [4.78, 5) is 23.3. The van der Waals surface area contributed by atoms with Crippen LogP contribution in [-0.2, 0) is 18.9 Å². The molecule has 1 fully saturated rings. The third-order valence-electron chi connectivity index (χ3n) is 6.53. The van der Waals surface area contributed by atoms with Crippen LogP contribution in [0.15, 0.2) is 54.7 Å². The molecule has 1 aromatic heterocycles. The van der Waals surface area contributed by atoms with E-state index in [2.05, 4.69) is 14.8 Å². The number of pyridine rings is 1. The van der Waals surface area contributed by atoms with Crippen LogP contribution in [0.2, 0.25) is 5.02 Å². The fourth-order valence-corrected chi connectivity index (χ4v) is 4.63. The molecule has 4 rings (SSSR count). The number of carbonyl (C=O) groups excluding carboxylic acids is 1. The first-order valence-electron chi connectivity index (χ1n) is 12.0. The fraction of sp³-hybridized carbons (Fsp3) is 0.333. The molecular weight excluding hydrogens is 617 g/mol. The quantitative estimate of drug-likeness (QED) is 0.274. The summed E-state index contributed by atoms with van der Waals surface area (Å²) in [6, 6.07) is 9.88. The van der Waals surface area contributed by atoms with E-state index in [0.29, 0.717) is 34.1 Å². The van der Waals surface area contributed by atoms with Crippen molar-refractivity contribution in [2.24, 2.45) is 0 Å². The number of hydrogen-bond donors (Lipinski definition) is 0. The van der Waals surface area contributed by atoms with E-state index < -0.39 is 35.9 Å². The van der Waals surface area contributed by atoms with Crippen molar-refractivity contribution >= 4 is 48.1 Å². The smallest absolute Gasteiger partial charge is 0.354 e. The minimum absolute atomic E-state index is 0. The Hall–Kier alpha value is -2.73. The number of aromatic nitrogens is 1. The van der Waals surface area contributed by atoms with Gasteiger partial charge >= 0.3 is 12.4 Å². The second-order valence-electron chi connectivity index (χ2n) is 9.43. The Labute approximate surface area is 250 Å². The van der Waals surface area contributed by atoms with Crippen molar-refractivity contribution in [3.05, 3.63) is 82.0 Å². The van der Waals surface area contributed by atoms with Gasteiger partial charge in [0.15, 0.2) is 0 Å². The van der Waals surface area contributed by atoms with Crippen LogP contribution in [0.25, 0.3) is 11.1 Å². The average Bonchev–Trinajstić information content (AvgIpc) is 2.87. The van der Waals surface area contributed by atoms with E-state index in [-0.39, 0.29) is 42.0 Å². The molecule has 0 bridgehead atoms. The predicted molar refractivity (Wildman–Crippen MR) is 151 cm³/mol. The molecule has 0 spiro atoms. The van der Waals surface area contributed by atoms with Crippen molar-refractivity contribution in [3.8, 4) is 11.1 Å². The van der Waals surface area contributed by atoms with Gasteiger partial charge in [-0.25, -0.2) is 4.98 Å². The van der Waals surface area contributed by atoms with Gasteiger partial charge in [0.2, 0.25) is 0 Å². The summed E-state index contributed by atoms with van der Waals surface area (Å²) in [6.07, 6.45) is -8.60. The van der Waals surface area contributed by atoms with Gasteiger partial charge in [-0.15, -0.1) is 24.8 Å². The Kier molecular flexibility index (Phi) is 11.3. The molecular formula is C27H27Cl3F6N4O. The molecule has 224 valence electrons. The maximum atomic E-state index is 13.5. The molecule has 14 heteroatoms. The highest BCUT2D eigenvalue weighted by molar-refractivity contribution is 6.33. The zero-order chi connectivity index (χ0) is 28.5. The highest BCUT2D eigenvalue weighted by Crippen LogP contribution is 2.37. The number of anilines is 1. The predicted octanol–water partition coefficient (Wildman–Crippen LogP) is 7.31. The third kappa shape index (κ3) is 8.18. The lowest BCUT2D eigenvalue weighted by atomic mass is 9.99. The number of nitrogens with zero attached hydrogens (tertiary/aromatic N) is 4. The van der Waals surface area contributed by atoms with Gasteiger partial charge in [0, 0.05) is 62.1 Å². The molecule has 5 nitrogen and oxygen atoms in total. The van der Waals surface area contributed by atoms with Crippen molar-refractivity contribution in [2.75, 3.05) is 45.2 Å². The summed E-state index contributed by atoms with van der Waals surface area (Å²) in [7, 11) is 3.32. The minimum Gasteiger partial charge on any atom is -0.354 e. The van der Waals surface area contributed by atoms with Crippen molar-refractivity contribution in [3.63, 3.8) is 0 Å². The Bertz CT molecular complexity index is 1330. The van der Waals surface area contributed by atoms with Gasteiger partial charge in [0.1, 0.15) is 5.82 Å². The van der Waals surface area contributed by atoms with E-state index in [1.54, 1.807) is 30.3 Å². The van der Waals surface area contributed by atoms with E-state index in [4.69, 9.17) is 11.6 Å². The summed E-state index contributed by atoms with van der Waals surface area (Å²) in [5.41, 5.74) is -2.07. The normalized spacial score (nSPS) is 14.2. The summed E-state index contributed by atoms with van der Waals surface area (Å²) >= 11 is 6.44. The monoisotopic (exact) mass is 642 g/mol. The van der Waals surface area contributed by atoms with E-state index in [0.717, 1.165) is 31.1 Å².